The number of anilines is 1. The third-order valence-electron chi connectivity index (χ3n) is 2.39. The minimum Gasteiger partial charge on any atom is -0.394 e. The monoisotopic (exact) mass is 212 g/mol. The normalized spacial score (nSPS) is 14.6. The van der Waals surface area contributed by atoms with Crippen molar-refractivity contribution in [1.29, 1.82) is 0 Å². The van der Waals surface area contributed by atoms with Gasteiger partial charge in [-0.15, -0.1) is 0 Å². The Balaban J connectivity index is 2.71. The van der Waals surface area contributed by atoms with Crippen LogP contribution in [-0.2, 0) is 0 Å². The number of aromatic nitrogens is 2. The average molecular weight is 212 g/mol. The highest BCUT2D eigenvalue weighted by molar-refractivity contribution is 5.93. The molecule has 0 saturated heterocycles. The predicted octanol–water partition coefficient (Wildman–Crippen LogP) is -0.117. The van der Waals surface area contributed by atoms with E-state index in [-0.39, 0.29) is 18.3 Å². The van der Waals surface area contributed by atoms with Gasteiger partial charge < -0.3 is 16.2 Å². The molecule has 0 saturated carbocycles. The van der Waals surface area contributed by atoms with Crippen LogP contribution in [0, 0.1) is 0 Å². The first-order valence-corrected chi connectivity index (χ1v) is 4.75. The Labute approximate surface area is 87.9 Å². The largest absolute Gasteiger partial charge is 0.394 e. The van der Waals surface area contributed by atoms with Crippen molar-refractivity contribution in [2.75, 3.05) is 12.3 Å². The third-order valence-corrected chi connectivity index (χ3v) is 2.39. The fourth-order valence-corrected chi connectivity index (χ4v) is 1.03. The van der Waals surface area contributed by atoms with Crippen molar-refractivity contribution in [2.24, 2.45) is 0 Å². The lowest BCUT2D eigenvalue weighted by Crippen LogP contribution is -2.48. The summed E-state index contributed by atoms with van der Waals surface area (Å²) in [5.41, 5.74) is 5.05. The number of hydrogen-bond acceptors (Lipinski definition) is 4. The van der Waals surface area contributed by atoms with Gasteiger partial charge in [0.1, 0.15) is 11.5 Å². The number of nitrogens with two attached hydrogens (primary N) is 1. The number of aromatic amines is 1. The number of hydrogen-bond donors (Lipinski definition) is 4. The van der Waals surface area contributed by atoms with Crippen molar-refractivity contribution >= 4 is 11.7 Å². The van der Waals surface area contributed by atoms with Gasteiger partial charge >= 0.3 is 0 Å². The molecule has 1 atom stereocenters. The van der Waals surface area contributed by atoms with Crippen molar-refractivity contribution in [2.45, 2.75) is 25.8 Å². The topological polar surface area (TPSA) is 104 Å². The summed E-state index contributed by atoms with van der Waals surface area (Å²) < 4.78 is 0. The molecule has 0 aliphatic heterocycles. The molecule has 5 N–H and O–H groups in total. The predicted molar refractivity (Wildman–Crippen MR) is 56.2 cm³/mol. The van der Waals surface area contributed by atoms with Crippen LogP contribution in [0.5, 0.6) is 0 Å². The van der Waals surface area contributed by atoms with E-state index in [9.17, 15) is 4.79 Å². The first-order chi connectivity index (χ1) is 7.00. The molecule has 0 aliphatic rings. The first kappa shape index (κ1) is 11.5. The molecule has 0 spiro atoms. The Hall–Kier alpha value is -1.56. The van der Waals surface area contributed by atoms with Gasteiger partial charge in [0.2, 0.25) is 0 Å². The SMILES string of the molecule is CCC(C)(CO)NC(=O)c1cc(N)n[nH]1. The zero-order valence-corrected chi connectivity index (χ0v) is 8.87. The van der Waals surface area contributed by atoms with Crippen LogP contribution in [0.1, 0.15) is 30.8 Å². The lowest BCUT2D eigenvalue weighted by Gasteiger charge is -2.26. The summed E-state index contributed by atoms with van der Waals surface area (Å²) in [5.74, 6) is -0.0556. The number of aliphatic hydroxyl groups is 1. The Kier molecular flexibility index (Phi) is 3.31. The molecule has 1 aromatic heterocycles. The van der Waals surface area contributed by atoms with E-state index in [0.717, 1.165) is 0 Å². The standard InChI is InChI=1S/C9H16N4O2/c1-3-9(2,5-14)11-8(15)6-4-7(10)13-12-6/h4,14H,3,5H2,1-2H3,(H,11,15)(H3,10,12,13). The fourth-order valence-electron chi connectivity index (χ4n) is 1.03. The van der Waals surface area contributed by atoms with Gasteiger partial charge in [-0.05, 0) is 13.3 Å². The number of nitrogens with zero attached hydrogens (tertiary/aromatic N) is 1. The second-order valence-corrected chi connectivity index (χ2v) is 3.73. The maximum Gasteiger partial charge on any atom is 0.269 e. The number of aliphatic hydroxyl groups excluding tert-OH is 1. The van der Waals surface area contributed by atoms with E-state index >= 15 is 0 Å². The molecule has 0 aromatic carbocycles. The van der Waals surface area contributed by atoms with E-state index in [1.807, 2.05) is 6.92 Å². The summed E-state index contributed by atoms with van der Waals surface area (Å²) in [5, 5.41) is 18.0. The highest BCUT2D eigenvalue weighted by Gasteiger charge is 2.24. The van der Waals surface area contributed by atoms with Gasteiger partial charge in [0, 0.05) is 6.07 Å². The zero-order valence-electron chi connectivity index (χ0n) is 8.87. The molecule has 6 heteroatoms. The molecule has 0 aliphatic carbocycles. The second-order valence-electron chi connectivity index (χ2n) is 3.73. The van der Waals surface area contributed by atoms with Crippen LogP contribution in [0.2, 0.25) is 0 Å². The summed E-state index contributed by atoms with van der Waals surface area (Å²) >= 11 is 0. The van der Waals surface area contributed by atoms with Crippen LogP contribution in [0.4, 0.5) is 5.82 Å². The molecule has 1 heterocycles. The van der Waals surface area contributed by atoms with Gasteiger partial charge in [-0.3, -0.25) is 9.89 Å². The third kappa shape index (κ3) is 2.69. The summed E-state index contributed by atoms with van der Waals surface area (Å²) in [6, 6.07) is 1.45. The minimum absolute atomic E-state index is 0.112. The summed E-state index contributed by atoms with van der Waals surface area (Å²) in [7, 11) is 0. The van der Waals surface area contributed by atoms with Gasteiger partial charge in [0.25, 0.3) is 5.91 Å². The number of carbonyl (C=O) groups excluding carboxylic acids is 1. The van der Waals surface area contributed by atoms with Crippen molar-refractivity contribution in [3.05, 3.63) is 11.8 Å². The molecule has 1 amide bonds. The number of nitrogen functional groups attached to an aromatic ring is 1. The second kappa shape index (κ2) is 4.31. The first-order valence-electron chi connectivity index (χ1n) is 4.75. The quantitative estimate of drug-likeness (QED) is 0.558. The average Bonchev–Trinajstić information content (AvgIpc) is 2.65. The van der Waals surface area contributed by atoms with Crippen molar-refractivity contribution in [3.8, 4) is 0 Å². The van der Waals surface area contributed by atoms with Gasteiger partial charge in [0.15, 0.2) is 0 Å². The zero-order chi connectivity index (χ0) is 11.5. The Morgan fingerprint density at radius 2 is 2.47 bits per heavy atom. The molecule has 1 aromatic rings. The van der Waals surface area contributed by atoms with Gasteiger partial charge in [-0.1, -0.05) is 6.92 Å². The van der Waals surface area contributed by atoms with Gasteiger partial charge in [0.05, 0.1) is 12.1 Å². The molecular formula is C9H16N4O2. The van der Waals surface area contributed by atoms with E-state index in [4.69, 9.17) is 10.8 Å². The maximum absolute atomic E-state index is 11.6. The number of carbonyl (C=O) groups is 1. The van der Waals surface area contributed by atoms with Gasteiger partial charge in [-0.25, -0.2) is 0 Å². The lowest BCUT2D eigenvalue weighted by molar-refractivity contribution is 0.0842. The summed E-state index contributed by atoms with van der Waals surface area (Å²) in [4.78, 5) is 11.6. The van der Waals surface area contributed by atoms with Crippen molar-refractivity contribution in [3.63, 3.8) is 0 Å². The van der Waals surface area contributed by atoms with Crippen LogP contribution >= 0.6 is 0 Å². The van der Waals surface area contributed by atoms with Crippen LogP contribution < -0.4 is 11.1 Å². The molecule has 84 valence electrons. The molecule has 15 heavy (non-hydrogen) atoms. The Morgan fingerprint density at radius 1 is 1.80 bits per heavy atom. The van der Waals surface area contributed by atoms with E-state index in [2.05, 4.69) is 15.5 Å². The van der Waals surface area contributed by atoms with Crippen molar-refractivity contribution in [1.82, 2.24) is 15.5 Å². The highest BCUT2D eigenvalue weighted by atomic mass is 16.3. The van der Waals surface area contributed by atoms with Crippen LogP contribution in [-0.4, -0.2) is 33.4 Å². The van der Waals surface area contributed by atoms with E-state index in [1.165, 1.54) is 6.07 Å². The molecule has 0 radical (unpaired) electrons. The van der Waals surface area contributed by atoms with E-state index < -0.39 is 5.54 Å². The lowest BCUT2D eigenvalue weighted by atomic mass is 10.0. The summed E-state index contributed by atoms with van der Waals surface area (Å²) in [6.45, 7) is 3.54. The van der Waals surface area contributed by atoms with Crippen LogP contribution in [0.3, 0.4) is 0 Å². The maximum atomic E-state index is 11.6. The Morgan fingerprint density at radius 3 is 2.87 bits per heavy atom. The number of nitrogens with one attached hydrogen (secondary N) is 2. The van der Waals surface area contributed by atoms with Crippen molar-refractivity contribution < 1.29 is 9.90 Å². The number of amides is 1. The molecular weight excluding hydrogens is 196 g/mol. The van der Waals surface area contributed by atoms with Gasteiger partial charge in [-0.2, -0.15) is 5.10 Å². The van der Waals surface area contributed by atoms with Crippen LogP contribution in [0.15, 0.2) is 6.07 Å². The van der Waals surface area contributed by atoms with E-state index in [0.29, 0.717) is 12.1 Å². The minimum atomic E-state index is -0.614. The molecule has 1 rings (SSSR count). The van der Waals surface area contributed by atoms with Crippen LogP contribution in [0.25, 0.3) is 0 Å². The smallest absolute Gasteiger partial charge is 0.269 e. The Bertz CT molecular complexity index is 344. The molecule has 0 bridgehead atoms. The molecule has 1 unspecified atom stereocenters. The number of rotatable bonds is 4. The fraction of sp³-hybridized carbons (Fsp3) is 0.556. The number of H-pyrrole nitrogens is 1. The summed E-state index contributed by atoms with van der Waals surface area (Å²) in [6.07, 6.45) is 0.638. The highest BCUT2D eigenvalue weighted by Crippen LogP contribution is 2.09. The molecule has 0 fully saturated rings. The molecule has 6 nitrogen and oxygen atoms in total. The van der Waals surface area contributed by atoms with E-state index in [1.54, 1.807) is 6.92 Å².